The minimum absolute atomic E-state index is 0.233. The lowest BCUT2D eigenvalue weighted by Gasteiger charge is -2.15. The molecule has 0 N–H and O–H groups in total. The van der Waals surface area contributed by atoms with Crippen LogP contribution in [0.5, 0.6) is 23.0 Å². The van der Waals surface area contributed by atoms with Crippen LogP contribution in [0.2, 0.25) is 0 Å². The summed E-state index contributed by atoms with van der Waals surface area (Å²) in [6.45, 7) is 3.91. The van der Waals surface area contributed by atoms with Crippen molar-refractivity contribution < 1.29 is 28.2 Å². The number of fused-ring (bicyclic) bond motifs is 1. The Balaban J connectivity index is 2.09. The molecule has 3 aromatic rings. The fraction of sp³-hybridized carbons (Fsp3) is 0.333. The van der Waals surface area contributed by atoms with Crippen molar-refractivity contribution in [3.8, 4) is 23.0 Å². The van der Waals surface area contributed by atoms with E-state index in [1.807, 2.05) is 6.92 Å². The monoisotopic (exact) mass is 426 g/mol. The predicted octanol–water partition coefficient (Wildman–Crippen LogP) is 4.69. The molecule has 1 heterocycles. The summed E-state index contributed by atoms with van der Waals surface area (Å²) in [6.07, 6.45) is 2.54. The van der Waals surface area contributed by atoms with Gasteiger partial charge in [0.05, 0.1) is 32.3 Å². The van der Waals surface area contributed by atoms with Crippen molar-refractivity contribution >= 4 is 16.9 Å². The highest BCUT2D eigenvalue weighted by atomic mass is 16.5. The van der Waals surface area contributed by atoms with Crippen molar-refractivity contribution in [2.45, 2.75) is 33.1 Å². The molecule has 7 heteroatoms. The molecule has 0 unspecified atom stereocenters. The van der Waals surface area contributed by atoms with Crippen LogP contribution in [-0.2, 0) is 6.42 Å². The van der Waals surface area contributed by atoms with Crippen molar-refractivity contribution in [2.24, 2.45) is 0 Å². The van der Waals surface area contributed by atoms with Gasteiger partial charge in [0.25, 0.3) is 0 Å². The van der Waals surface area contributed by atoms with Crippen molar-refractivity contribution in [1.82, 2.24) is 0 Å². The first-order chi connectivity index (χ1) is 14.9. The second-order valence-corrected chi connectivity index (χ2v) is 7.13. The molecule has 164 valence electrons. The van der Waals surface area contributed by atoms with Crippen molar-refractivity contribution in [2.75, 3.05) is 21.3 Å². The normalized spacial score (nSPS) is 10.7. The van der Waals surface area contributed by atoms with Crippen LogP contribution in [-0.4, -0.2) is 27.3 Å². The molecule has 0 fully saturated rings. The van der Waals surface area contributed by atoms with Crippen LogP contribution in [0.3, 0.4) is 0 Å². The van der Waals surface area contributed by atoms with E-state index < -0.39 is 11.6 Å². The van der Waals surface area contributed by atoms with Gasteiger partial charge < -0.3 is 23.4 Å². The summed E-state index contributed by atoms with van der Waals surface area (Å²) < 4.78 is 27.1. The number of carbonyl (C=O) groups excluding carboxylic acids is 1. The van der Waals surface area contributed by atoms with Gasteiger partial charge in [-0.05, 0) is 55.2 Å². The van der Waals surface area contributed by atoms with E-state index in [2.05, 4.69) is 6.92 Å². The number of esters is 1. The Hall–Kier alpha value is -3.48. The van der Waals surface area contributed by atoms with Gasteiger partial charge in [-0.1, -0.05) is 13.3 Å². The molecular weight excluding hydrogens is 400 g/mol. The van der Waals surface area contributed by atoms with Gasteiger partial charge in [0.1, 0.15) is 11.3 Å². The number of aryl methyl sites for hydroxylation is 2. The molecule has 0 radical (unpaired) electrons. The van der Waals surface area contributed by atoms with Crippen LogP contribution >= 0.6 is 0 Å². The van der Waals surface area contributed by atoms with Crippen molar-refractivity contribution in [3.05, 3.63) is 57.4 Å². The first kappa shape index (κ1) is 22.2. The summed E-state index contributed by atoms with van der Waals surface area (Å²) in [5.74, 6) is 0.809. The second-order valence-electron chi connectivity index (χ2n) is 7.13. The summed E-state index contributed by atoms with van der Waals surface area (Å²) >= 11 is 0. The van der Waals surface area contributed by atoms with Crippen LogP contribution in [0, 0.1) is 6.92 Å². The third-order valence-electron chi connectivity index (χ3n) is 4.94. The van der Waals surface area contributed by atoms with Crippen LogP contribution in [0.25, 0.3) is 11.0 Å². The maximum atomic E-state index is 13.0. The topological polar surface area (TPSA) is 84.2 Å². The minimum Gasteiger partial charge on any atom is -0.493 e. The second kappa shape index (κ2) is 9.55. The lowest BCUT2D eigenvalue weighted by molar-refractivity contribution is 0.0736. The molecule has 1 aromatic heterocycles. The molecule has 0 atom stereocenters. The van der Waals surface area contributed by atoms with Crippen LogP contribution < -0.4 is 24.6 Å². The number of rotatable bonds is 8. The molecule has 3 rings (SSSR count). The summed E-state index contributed by atoms with van der Waals surface area (Å²) in [7, 11) is 4.44. The highest BCUT2D eigenvalue weighted by molar-refractivity contribution is 5.96. The molecule has 0 bridgehead atoms. The highest BCUT2D eigenvalue weighted by Gasteiger charge is 2.20. The summed E-state index contributed by atoms with van der Waals surface area (Å²) in [6, 6.07) is 8.04. The van der Waals surface area contributed by atoms with Gasteiger partial charge in [0, 0.05) is 6.07 Å². The largest absolute Gasteiger partial charge is 0.493 e. The first-order valence-corrected chi connectivity index (χ1v) is 10.0. The Labute approximate surface area is 180 Å². The molecule has 0 saturated carbocycles. The van der Waals surface area contributed by atoms with Gasteiger partial charge in [-0.2, -0.15) is 0 Å². The molecule has 0 saturated heterocycles. The van der Waals surface area contributed by atoms with Gasteiger partial charge >= 0.3 is 11.6 Å². The molecule has 31 heavy (non-hydrogen) atoms. The Bertz CT molecular complexity index is 1140. The van der Waals surface area contributed by atoms with Gasteiger partial charge in [0.2, 0.25) is 5.75 Å². The Morgan fingerprint density at radius 1 is 0.935 bits per heavy atom. The van der Waals surface area contributed by atoms with Gasteiger partial charge in [0.15, 0.2) is 11.5 Å². The van der Waals surface area contributed by atoms with E-state index >= 15 is 0 Å². The van der Waals surface area contributed by atoms with Crippen LogP contribution in [0.4, 0.5) is 0 Å². The number of unbranched alkanes of at least 4 members (excludes halogenated alkanes) is 1. The zero-order chi connectivity index (χ0) is 22.5. The third-order valence-corrected chi connectivity index (χ3v) is 4.94. The number of hydrogen-bond acceptors (Lipinski definition) is 7. The maximum absolute atomic E-state index is 13.0. The fourth-order valence-electron chi connectivity index (χ4n) is 3.47. The molecule has 7 nitrogen and oxygen atoms in total. The number of carbonyl (C=O) groups is 1. The van der Waals surface area contributed by atoms with E-state index in [9.17, 15) is 9.59 Å². The standard InChI is InChI=1S/C24H26O7/c1-6-7-8-15-13-21(25)30-17-9-14(2)10-18(22(15)17)31-24(26)16-11-19(27-3)23(29-5)20(12-16)28-4/h9-13H,6-8H2,1-5H3. The number of methoxy groups -OCH3 is 3. The molecule has 0 aliphatic carbocycles. The molecule has 2 aromatic carbocycles. The number of benzene rings is 2. The summed E-state index contributed by atoms with van der Waals surface area (Å²) in [5, 5.41) is 0.624. The third kappa shape index (κ3) is 4.66. The summed E-state index contributed by atoms with van der Waals surface area (Å²) in [4.78, 5) is 25.1. The van der Waals surface area contributed by atoms with E-state index in [1.54, 1.807) is 12.1 Å². The average Bonchev–Trinajstić information content (AvgIpc) is 2.75. The number of ether oxygens (including phenoxy) is 4. The quantitative estimate of drug-likeness (QED) is 0.293. The molecule has 0 aliphatic rings. The molecular formula is C24H26O7. The maximum Gasteiger partial charge on any atom is 0.343 e. The van der Waals surface area contributed by atoms with E-state index in [1.165, 1.54) is 39.5 Å². The average molecular weight is 426 g/mol. The van der Waals surface area contributed by atoms with E-state index in [0.29, 0.717) is 40.4 Å². The SMILES string of the molecule is CCCCc1cc(=O)oc2cc(C)cc(OC(=O)c3cc(OC)c(OC)c(OC)c3)c12. The Morgan fingerprint density at radius 3 is 2.19 bits per heavy atom. The van der Waals surface area contributed by atoms with Crippen LogP contribution in [0.1, 0.15) is 41.3 Å². The fourth-order valence-corrected chi connectivity index (χ4v) is 3.47. The lowest BCUT2D eigenvalue weighted by atomic mass is 10.0. The number of hydrogen-bond donors (Lipinski definition) is 0. The molecule has 0 spiro atoms. The van der Waals surface area contributed by atoms with E-state index in [0.717, 1.165) is 24.0 Å². The predicted molar refractivity (Wildman–Crippen MR) is 117 cm³/mol. The van der Waals surface area contributed by atoms with E-state index in [4.69, 9.17) is 23.4 Å². The molecule has 0 aliphatic heterocycles. The zero-order valence-electron chi connectivity index (χ0n) is 18.4. The Kier molecular flexibility index (Phi) is 6.84. The van der Waals surface area contributed by atoms with Crippen molar-refractivity contribution in [1.29, 1.82) is 0 Å². The van der Waals surface area contributed by atoms with Crippen molar-refractivity contribution in [3.63, 3.8) is 0 Å². The lowest BCUT2D eigenvalue weighted by Crippen LogP contribution is -2.11. The molecule has 0 amide bonds. The first-order valence-electron chi connectivity index (χ1n) is 10.0. The smallest absolute Gasteiger partial charge is 0.343 e. The van der Waals surface area contributed by atoms with Gasteiger partial charge in [-0.15, -0.1) is 0 Å². The van der Waals surface area contributed by atoms with E-state index in [-0.39, 0.29) is 5.56 Å². The van der Waals surface area contributed by atoms with Gasteiger partial charge in [-0.3, -0.25) is 0 Å². The summed E-state index contributed by atoms with van der Waals surface area (Å²) in [5.41, 5.74) is 1.80. The minimum atomic E-state index is -0.598. The van der Waals surface area contributed by atoms with Gasteiger partial charge in [-0.25, -0.2) is 9.59 Å². The zero-order valence-corrected chi connectivity index (χ0v) is 18.4. The Morgan fingerprint density at radius 2 is 1.61 bits per heavy atom. The van der Waals surface area contributed by atoms with Crippen LogP contribution in [0.15, 0.2) is 39.5 Å². The highest BCUT2D eigenvalue weighted by Crippen LogP contribution is 2.39.